The number of benzene rings is 3. The monoisotopic (exact) mass is 576 g/mol. The van der Waals surface area contributed by atoms with Crippen molar-refractivity contribution in [3.05, 3.63) is 81.9 Å². The van der Waals surface area contributed by atoms with E-state index < -0.39 is 23.1 Å². The highest BCUT2D eigenvalue weighted by Gasteiger charge is 2.26. The van der Waals surface area contributed by atoms with Gasteiger partial charge in [-0.3, -0.25) is 0 Å². The minimum atomic E-state index is -0.654. The zero-order valence-electron chi connectivity index (χ0n) is 26.3. The van der Waals surface area contributed by atoms with Crippen molar-refractivity contribution in [1.82, 2.24) is 0 Å². The summed E-state index contributed by atoms with van der Waals surface area (Å²) in [6, 6.07) is 13.7. The minimum absolute atomic E-state index is 0.0757. The molecular formula is C35H44O7. The third kappa shape index (κ3) is 7.71. The molecular weight excluding hydrogens is 532 g/mol. The molecule has 7 nitrogen and oxygen atoms in total. The van der Waals surface area contributed by atoms with Gasteiger partial charge in [0.05, 0.1) is 17.7 Å². The van der Waals surface area contributed by atoms with E-state index >= 15 is 0 Å². The van der Waals surface area contributed by atoms with Crippen LogP contribution in [-0.4, -0.2) is 34.9 Å². The van der Waals surface area contributed by atoms with E-state index in [1.807, 2.05) is 86.6 Å². The standard InChI is InChI=1S/C35H44O7/c1-10-34(8,11-2)42-33(38)27-15-13-26(14-16-27)32(37)40-30-22(4)17-28(18-23(30)5)39-29-19-24(6)31(25(7)20-29)41-35(9,12-3)21-36/h13-20,36H,10-12,21H2,1-9H3/t35-/m0/s1. The molecule has 0 spiro atoms. The Morgan fingerprint density at radius 2 is 1.07 bits per heavy atom. The number of rotatable bonds is 12. The molecule has 7 heteroatoms. The number of hydrogen-bond acceptors (Lipinski definition) is 7. The molecule has 3 aromatic rings. The third-order valence-electron chi connectivity index (χ3n) is 7.92. The number of carbonyl (C=O) groups is 2. The lowest BCUT2D eigenvalue weighted by Crippen LogP contribution is -2.36. The number of aliphatic hydroxyl groups excluding tert-OH is 1. The summed E-state index contributed by atoms with van der Waals surface area (Å²) < 4.78 is 23.8. The first-order chi connectivity index (χ1) is 19.8. The summed E-state index contributed by atoms with van der Waals surface area (Å²) in [7, 11) is 0. The van der Waals surface area contributed by atoms with Crippen LogP contribution in [0.25, 0.3) is 0 Å². The van der Waals surface area contributed by atoms with Crippen molar-refractivity contribution in [3.8, 4) is 23.0 Å². The molecule has 42 heavy (non-hydrogen) atoms. The van der Waals surface area contributed by atoms with E-state index in [4.69, 9.17) is 18.9 Å². The number of hydrogen-bond donors (Lipinski definition) is 1. The van der Waals surface area contributed by atoms with Crippen LogP contribution in [0.4, 0.5) is 0 Å². The molecule has 0 amide bonds. The first kappa shape index (κ1) is 32.7. The van der Waals surface area contributed by atoms with Crippen LogP contribution in [0.3, 0.4) is 0 Å². The van der Waals surface area contributed by atoms with Gasteiger partial charge in [0, 0.05) is 0 Å². The van der Waals surface area contributed by atoms with Gasteiger partial charge in [0.25, 0.3) is 0 Å². The second kappa shape index (κ2) is 13.4. The average molecular weight is 577 g/mol. The Morgan fingerprint density at radius 3 is 1.48 bits per heavy atom. The molecule has 0 aliphatic rings. The van der Waals surface area contributed by atoms with Crippen LogP contribution in [0.2, 0.25) is 0 Å². The first-order valence-electron chi connectivity index (χ1n) is 14.5. The Hall–Kier alpha value is -3.84. The Bertz CT molecular complexity index is 1370. The van der Waals surface area contributed by atoms with Gasteiger partial charge in [0.15, 0.2) is 0 Å². The van der Waals surface area contributed by atoms with E-state index in [1.165, 1.54) is 0 Å². The quantitative estimate of drug-likeness (QED) is 0.172. The van der Waals surface area contributed by atoms with Gasteiger partial charge in [-0.1, -0.05) is 20.8 Å². The Labute approximate surface area is 249 Å². The number of esters is 2. The summed E-state index contributed by atoms with van der Waals surface area (Å²) in [6.45, 7) is 17.3. The summed E-state index contributed by atoms with van der Waals surface area (Å²) in [5.41, 5.74) is 2.83. The van der Waals surface area contributed by atoms with Crippen molar-refractivity contribution in [2.75, 3.05) is 6.61 Å². The van der Waals surface area contributed by atoms with Crippen LogP contribution < -0.4 is 14.2 Å². The lowest BCUT2D eigenvalue weighted by molar-refractivity contribution is -0.0131. The molecule has 3 rings (SSSR count). The fraction of sp³-hybridized carbons (Fsp3) is 0.429. The van der Waals surface area contributed by atoms with Gasteiger partial charge in [-0.05, 0) is 132 Å². The highest BCUT2D eigenvalue weighted by molar-refractivity contribution is 5.94. The first-order valence-corrected chi connectivity index (χ1v) is 14.5. The van der Waals surface area contributed by atoms with Crippen LogP contribution in [0.15, 0.2) is 48.5 Å². The summed E-state index contributed by atoms with van der Waals surface area (Å²) in [4.78, 5) is 25.5. The predicted molar refractivity (Wildman–Crippen MR) is 164 cm³/mol. The minimum Gasteiger partial charge on any atom is -0.485 e. The fourth-order valence-electron chi connectivity index (χ4n) is 4.43. The van der Waals surface area contributed by atoms with Gasteiger partial charge < -0.3 is 24.1 Å². The molecule has 0 aromatic heterocycles. The summed E-state index contributed by atoms with van der Waals surface area (Å²) in [5.74, 6) is 1.52. The van der Waals surface area contributed by atoms with Crippen molar-refractivity contribution in [2.45, 2.75) is 92.8 Å². The van der Waals surface area contributed by atoms with Gasteiger partial charge in [-0.25, -0.2) is 9.59 Å². The molecule has 0 saturated carbocycles. The maximum atomic E-state index is 12.9. The van der Waals surface area contributed by atoms with E-state index in [-0.39, 0.29) is 6.61 Å². The van der Waals surface area contributed by atoms with Crippen molar-refractivity contribution >= 4 is 11.9 Å². The fourth-order valence-corrected chi connectivity index (χ4v) is 4.43. The van der Waals surface area contributed by atoms with E-state index in [2.05, 4.69) is 0 Å². The van der Waals surface area contributed by atoms with Crippen LogP contribution in [0, 0.1) is 27.7 Å². The summed E-state index contributed by atoms with van der Waals surface area (Å²) in [5, 5.41) is 9.75. The molecule has 0 fully saturated rings. The number of carbonyl (C=O) groups excluding carboxylic acids is 2. The zero-order valence-corrected chi connectivity index (χ0v) is 26.3. The van der Waals surface area contributed by atoms with Crippen LogP contribution in [0.1, 0.15) is 96.9 Å². The van der Waals surface area contributed by atoms with Crippen LogP contribution in [-0.2, 0) is 4.74 Å². The molecule has 0 aliphatic heterocycles. The van der Waals surface area contributed by atoms with Crippen molar-refractivity contribution in [3.63, 3.8) is 0 Å². The van der Waals surface area contributed by atoms with Crippen molar-refractivity contribution in [1.29, 1.82) is 0 Å². The Kier molecular flexibility index (Phi) is 10.4. The van der Waals surface area contributed by atoms with Gasteiger partial charge in [0.1, 0.15) is 34.2 Å². The van der Waals surface area contributed by atoms with Gasteiger partial charge in [-0.2, -0.15) is 0 Å². The van der Waals surface area contributed by atoms with Crippen molar-refractivity contribution < 1.29 is 33.6 Å². The van der Waals surface area contributed by atoms with E-state index in [1.54, 1.807) is 24.3 Å². The maximum absolute atomic E-state index is 12.9. The smallest absolute Gasteiger partial charge is 0.343 e. The molecule has 226 valence electrons. The predicted octanol–water partition coefficient (Wildman–Crippen LogP) is 8.21. The van der Waals surface area contributed by atoms with Gasteiger partial charge >= 0.3 is 11.9 Å². The molecule has 0 unspecified atom stereocenters. The molecule has 0 saturated heterocycles. The van der Waals surface area contributed by atoms with E-state index in [0.717, 1.165) is 28.0 Å². The topological polar surface area (TPSA) is 91.3 Å². The summed E-state index contributed by atoms with van der Waals surface area (Å²) in [6.07, 6.45) is 2.10. The average Bonchev–Trinajstić information content (AvgIpc) is 2.96. The lowest BCUT2D eigenvalue weighted by atomic mass is 10.00. The molecule has 0 radical (unpaired) electrons. The SMILES string of the molecule is CCC(C)(CC)OC(=O)c1ccc(C(=O)Oc2c(C)cc(Oc3cc(C)c(O[C@@](C)(CC)CO)c(C)c3)cc2C)cc1. The lowest BCUT2D eigenvalue weighted by Gasteiger charge is -2.29. The van der Waals surface area contributed by atoms with E-state index in [9.17, 15) is 14.7 Å². The highest BCUT2D eigenvalue weighted by Crippen LogP contribution is 2.36. The summed E-state index contributed by atoms with van der Waals surface area (Å²) >= 11 is 0. The highest BCUT2D eigenvalue weighted by atomic mass is 16.6. The number of aliphatic hydroxyl groups is 1. The molecule has 0 heterocycles. The van der Waals surface area contributed by atoms with Crippen LogP contribution in [0.5, 0.6) is 23.0 Å². The molecule has 1 N–H and O–H groups in total. The molecule has 0 aliphatic carbocycles. The zero-order chi connectivity index (χ0) is 31.2. The largest absolute Gasteiger partial charge is 0.485 e. The second-order valence-corrected chi connectivity index (χ2v) is 11.5. The van der Waals surface area contributed by atoms with Crippen LogP contribution >= 0.6 is 0 Å². The normalized spacial score (nSPS) is 12.8. The Morgan fingerprint density at radius 1 is 0.667 bits per heavy atom. The van der Waals surface area contributed by atoms with Gasteiger partial charge in [-0.15, -0.1) is 0 Å². The number of aryl methyl sites for hydroxylation is 4. The van der Waals surface area contributed by atoms with Gasteiger partial charge in [0.2, 0.25) is 0 Å². The van der Waals surface area contributed by atoms with Crippen molar-refractivity contribution in [2.24, 2.45) is 0 Å². The third-order valence-corrected chi connectivity index (χ3v) is 7.92. The molecule has 0 bridgehead atoms. The molecule has 3 aromatic carbocycles. The second-order valence-electron chi connectivity index (χ2n) is 11.5. The Balaban J connectivity index is 1.73. The number of ether oxygens (including phenoxy) is 4. The molecule has 1 atom stereocenters. The maximum Gasteiger partial charge on any atom is 0.343 e. The van der Waals surface area contributed by atoms with E-state index in [0.29, 0.717) is 47.6 Å².